The lowest BCUT2D eigenvalue weighted by Crippen LogP contribution is -2.08. The van der Waals surface area contributed by atoms with E-state index in [2.05, 4.69) is 16.4 Å². The van der Waals surface area contributed by atoms with Crippen molar-refractivity contribution in [2.45, 2.75) is 13.0 Å². The van der Waals surface area contributed by atoms with Gasteiger partial charge in [-0.2, -0.15) is 5.26 Å². The van der Waals surface area contributed by atoms with E-state index in [1.807, 2.05) is 24.4 Å². The number of nitriles is 1. The van der Waals surface area contributed by atoms with Crippen molar-refractivity contribution in [1.82, 2.24) is 4.98 Å². The lowest BCUT2D eigenvalue weighted by molar-refractivity contribution is 0.942. The van der Waals surface area contributed by atoms with Crippen LogP contribution in [-0.2, 0) is 0 Å². The highest BCUT2D eigenvalue weighted by Crippen LogP contribution is 2.21. The van der Waals surface area contributed by atoms with Crippen LogP contribution in [0.2, 0.25) is 5.02 Å². The Bertz CT molecular complexity index is 542. The van der Waals surface area contributed by atoms with Crippen molar-refractivity contribution in [3.63, 3.8) is 0 Å². The Morgan fingerprint density at radius 3 is 2.65 bits per heavy atom. The molecule has 0 spiro atoms. The second kappa shape index (κ2) is 5.17. The highest BCUT2D eigenvalue weighted by atomic mass is 35.5. The number of thiazole rings is 1. The summed E-state index contributed by atoms with van der Waals surface area (Å²) in [6.07, 6.45) is 0. The predicted octanol–water partition coefficient (Wildman–Crippen LogP) is 3.78. The Morgan fingerprint density at radius 2 is 2.12 bits per heavy atom. The van der Waals surface area contributed by atoms with E-state index in [1.165, 1.54) is 11.3 Å². The molecule has 1 aromatic heterocycles. The van der Waals surface area contributed by atoms with Crippen LogP contribution in [0.3, 0.4) is 0 Å². The molecule has 17 heavy (non-hydrogen) atoms. The Kier molecular flexibility index (Phi) is 3.62. The molecule has 1 N–H and O–H groups in total. The van der Waals surface area contributed by atoms with E-state index in [0.717, 1.165) is 16.4 Å². The Labute approximate surface area is 109 Å². The summed E-state index contributed by atoms with van der Waals surface area (Å²) in [7, 11) is 0. The van der Waals surface area contributed by atoms with Crippen LogP contribution in [0.4, 0.5) is 5.69 Å². The Hall–Kier alpha value is -1.57. The molecule has 0 fully saturated rings. The minimum atomic E-state index is -0.430. The van der Waals surface area contributed by atoms with Crippen molar-refractivity contribution in [2.24, 2.45) is 0 Å². The summed E-state index contributed by atoms with van der Waals surface area (Å²) in [5.41, 5.74) is 1.61. The number of hydrogen-bond donors (Lipinski definition) is 1. The summed E-state index contributed by atoms with van der Waals surface area (Å²) >= 11 is 7.34. The third-order valence-corrected chi connectivity index (χ3v) is 3.26. The summed E-state index contributed by atoms with van der Waals surface area (Å²) in [5, 5.41) is 15.8. The zero-order chi connectivity index (χ0) is 12.3. The van der Waals surface area contributed by atoms with E-state index in [9.17, 15) is 0 Å². The van der Waals surface area contributed by atoms with Gasteiger partial charge in [-0.15, -0.1) is 11.3 Å². The SMILES string of the molecule is Cc1nc(C(C#N)Nc2ccc(Cl)cc2)cs1. The molecule has 0 aliphatic heterocycles. The largest absolute Gasteiger partial charge is 0.365 e. The van der Waals surface area contributed by atoms with Crippen LogP contribution in [0.15, 0.2) is 29.6 Å². The quantitative estimate of drug-likeness (QED) is 0.917. The molecule has 0 saturated carbocycles. The fraction of sp³-hybridized carbons (Fsp3) is 0.167. The number of benzene rings is 1. The number of anilines is 1. The fourth-order valence-electron chi connectivity index (χ4n) is 1.40. The monoisotopic (exact) mass is 263 g/mol. The van der Waals surface area contributed by atoms with Gasteiger partial charge >= 0.3 is 0 Å². The molecule has 3 nitrogen and oxygen atoms in total. The Morgan fingerprint density at radius 1 is 1.41 bits per heavy atom. The maximum absolute atomic E-state index is 9.13. The molecule has 86 valence electrons. The van der Waals surface area contributed by atoms with E-state index in [0.29, 0.717) is 5.02 Å². The summed E-state index contributed by atoms with van der Waals surface area (Å²) in [6, 6.07) is 9.01. The third-order valence-electron chi connectivity index (χ3n) is 2.22. The molecule has 2 aromatic rings. The molecule has 1 heterocycles. The molecule has 0 amide bonds. The zero-order valence-corrected chi connectivity index (χ0v) is 10.7. The number of aryl methyl sites for hydroxylation is 1. The minimum Gasteiger partial charge on any atom is -0.365 e. The summed E-state index contributed by atoms with van der Waals surface area (Å²) in [5.74, 6) is 0. The molecule has 0 bridgehead atoms. The van der Waals surface area contributed by atoms with Gasteiger partial charge in [0.2, 0.25) is 0 Å². The molecular weight excluding hydrogens is 254 g/mol. The van der Waals surface area contributed by atoms with E-state index in [4.69, 9.17) is 16.9 Å². The van der Waals surface area contributed by atoms with Gasteiger partial charge in [0.05, 0.1) is 16.8 Å². The van der Waals surface area contributed by atoms with Crippen LogP contribution in [0.1, 0.15) is 16.7 Å². The molecule has 0 aliphatic rings. The normalized spacial score (nSPS) is 11.8. The van der Waals surface area contributed by atoms with Crippen LogP contribution in [0, 0.1) is 18.3 Å². The molecule has 0 radical (unpaired) electrons. The first kappa shape index (κ1) is 11.9. The first-order valence-electron chi connectivity index (χ1n) is 5.03. The first-order chi connectivity index (χ1) is 8.19. The standard InChI is InChI=1S/C12H10ClN3S/c1-8-15-12(7-17-8)11(6-14)16-10-4-2-9(13)3-5-10/h2-5,7,11,16H,1H3. The van der Waals surface area contributed by atoms with E-state index in [1.54, 1.807) is 12.1 Å². The van der Waals surface area contributed by atoms with Crippen LogP contribution < -0.4 is 5.32 Å². The number of nitrogens with one attached hydrogen (secondary N) is 1. The van der Waals surface area contributed by atoms with Crippen molar-refractivity contribution in [3.8, 4) is 6.07 Å². The molecule has 1 unspecified atom stereocenters. The van der Waals surface area contributed by atoms with Gasteiger partial charge in [0.15, 0.2) is 6.04 Å². The van der Waals surface area contributed by atoms with E-state index in [-0.39, 0.29) is 0 Å². The maximum atomic E-state index is 9.13. The van der Waals surface area contributed by atoms with Crippen molar-refractivity contribution < 1.29 is 0 Å². The molecule has 5 heteroatoms. The number of hydrogen-bond acceptors (Lipinski definition) is 4. The minimum absolute atomic E-state index is 0.430. The molecular formula is C12H10ClN3S. The average Bonchev–Trinajstić information content (AvgIpc) is 2.75. The van der Waals surface area contributed by atoms with Crippen molar-refractivity contribution in [1.29, 1.82) is 5.26 Å². The number of rotatable bonds is 3. The zero-order valence-electron chi connectivity index (χ0n) is 9.14. The van der Waals surface area contributed by atoms with Crippen LogP contribution in [0.25, 0.3) is 0 Å². The number of nitrogens with zero attached hydrogens (tertiary/aromatic N) is 2. The second-order valence-corrected chi connectivity index (χ2v) is 5.00. The van der Waals surface area contributed by atoms with Crippen molar-refractivity contribution in [3.05, 3.63) is 45.4 Å². The maximum Gasteiger partial charge on any atom is 0.158 e. The first-order valence-corrected chi connectivity index (χ1v) is 6.28. The van der Waals surface area contributed by atoms with Gasteiger partial charge in [-0.05, 0) is 31.2 Å². The smallest absolute Gasteiger partial charge is 0.158 e. The lowest BCUT2D eigenvalue weighted by Gasteiger charge is -2.10. The molecule has 0 saturated heterocycles. The molecule has 2 rings (SSSR count). The highest BCUT2D eigenvalue weighted by Gasteiger charge is 2.13. The van der Waals surface area contributed by atoms with Gasteiger partial charge < -0.3 is 5.32 Å². The highest BCUT2D eigenvalue weighted by molar-refractivity contribution is 7.09. The molecule has 0 aliphatic carbocycles. The van der Waals surface area contributed by atoms with E-state index < -0.39 is 6.04 Å². The van der Waals surface area contributed by atoms with E-state index >= 15 is 0 Å². The van der Waals surface area contributed by atoms with Crippen LogP contribution in [-0.4, -0.2) is 4.98 Å². The van der Waals surface area contributed by atoms with Gasteiger partial charge in [-0.1, -0.05) is 11.6 Å². The lowest BCUT2D eigenvalue weighted by atomic mass is 10.2. The topological polar surface area (TPSA) is 48.7 Å². The van der Waals surface area contributed by atoms with Gasteiger partial charge in [0, 0.05) is 16.1 Å². The predicted molar refractivity (Wildman–Crippen MR) is 70.3 cm³/mol. The second-order valence-electron chi connectivity index (χ2n) is 3.50. The average molecular weight is 264 g/mol. The summed E-state index contributed by atoms with van der Waals surface area (Å²) in [4.78, 5) is 4.30. The van der Waals surface area contributed by atoms with Crippen LogP contribution in [0.5, 0.6) is 0 Å². The van der Waals surface area contributed by atoms with Gasteiger partial charge in [0.25, 0.3) is 0 Å². The molecule has 1 aromatic carbocycles. The van der Waals surface area contributed by atoms with Crippen molar-refractivity contribution >= 4 is 28.6 Å². The third kappa shape index (κ3) is 2.96. The Balaban J connectivity index is 2.16. The number of halogens is 1. The van der Waals surface area contributed by atoms with Gasteiger partial charge in [-0.3, -0.25) is 0 Å². The number of aromatic nitrogens is 1. The van der Waals surface area contributed by atoms with Gasteiger partial charge in [0.1, 0.15) is 0 Å². The van der Waals surface area contributed by atoms with Crippen LogP contribution >= 0.6 is 22.9 Å². The summed E-state index contributed by atoms with van der Waals surface area (Å²) < 4.78 is 0. The fourth-order valence-corrected chi connectivity index (χ4v) is 2.16. The molecule has 1 atom stereocenters. The summed E-state index contributed by atoms with van der Waals surface area (Å²) in [6.45, 7) is 1.92. The van der Waals surface area contributed by atoms with Crippen molar-refractivity contribution in [2.75, 3.05) is 5.32 Å². The van der Waals surface area contributed by atoms with Gasteiger partial charge in [-0.25, -0.2) is 4.98 Å².